The number of nitrogens with zero attached hydrogens (tertiary/aromatic N) is 2. The highest BCUT2D eigenvalue weighted by Gasteiger charge is 2.44. The Bertz CT molecular complexity index is 1790. The van der Waals surface area contributed by atoms with Gasteiger partial charge in [0.05, 0.1) is 22.9 Å². The van der Waals surface area contributed by atoms with Gasteiger partial charge in [0.15, 0.2) is 0 Å². The van der Waals surface area contributed by atoms with E-state index >= 15 is 0 Å². The fraction of sp³-hybridized carbons (Fsp3) is 0.0588. The smallest absolute Gasteiger partial charge is 0.0637 e. The zero-order chi connectivity index (χ0) is 23.6. The van der Waals surface area contributed by atoms with Crippen LogP contribution >= 0.6 is 0 Å². The quantitative estimate of drug-likeness (QED) is 0.252. The van der Waals surface area contributed by atoms with Gasteiger partial charge in [-0.1, -0.05) is 97.1 Å². The van der Waals surface area contributed by atoms with E-state index in [4.69, 9.17) is 0 Å². The summed E-state index contributed by atoms with van der Waals surface area (Å²) in [4.78, 5) is 2.57. The van der Waals surface area contributed by atoms with Crippen LogP contribution in [0.3, 0.4) is 0 Å². The molecule has 170 valence electrons. The van der Waals surface area contributed by atoms with Gasteiger partial charge in [0.25, 0.3) is 0 Å². The van der Waals surface area contributed by atoms with Crippen LogP contribution in [0.2, 0.25) is 0 Å². The van der Waals surface area contributed by atoms with Crippen molar-refractivity contribution in [2.45, 2.75) is 12.0 Å². The van der Waals surface area contributed by atoms with Crippen molar-refractivity contribution < 1.29 is 0 Å². The molecule has 2 atom stereocenters. The van der Waals surface area contributed by atoms with Gasteiger partial charge in [-0.3, -0.25) is 0 Å². The molecule has 0 N–H and O–H groups in total. The second kappa shape index (κ2) is 7.47. The molecular formula is C34H24N2. The predicted octanol–water partition coefficient (Wildman–Crippen LogP) is 8.46. The number of aromatic nitrogens is 1. The molecule has 5 aromatic carbocycles. The van der Waals surface area contributed by atoms with Gasteiger partial charge in [-0.05, 0) is 52.9 Å². The molecule has 0 saturated heterocycles. The summed E-state index contributed by atoms with van der Waals surface area (Å²) in [6.45, 7) is 0. The molecule has 0 saturated carbocycles. The molecule has 1 aliphatic carbocycles. The molecule has 6 aromatic rings. The topological polar surface area (TPSA) is 8.17 Å². The molecule has 2 unspecified atom stereocenters. The lowest BCUT2D eigenvalue weighted by molar-refractivity contribution is 0.726. The van der Waals surface area contributed by atoms with Crippen molar-refractivity contribution in [2.24, 2.45) is 0 Å². The van der Waals surface area contributed by atoms with Crippen molar-refractivity contribution in [1.82, 2.24) is 4.57 Å². The molecule has 0 bridgehead atoms. The van der Waals surface area contributed by atoms with E-state index < -0.39 is 0 Å². The highest BCUT2D eigenvalue weighted by atomic mass is 15.2. The molecule has 0 radical (unpaired) electrons. The molecule has 2 nitrogen and oxygen atoms in total. The average molecular weight is 461 g/mol. The van der Waals surface area contributed by atoms with Gasteiger partial charge in [-0.25, -0.2) is 0 Å². The monoisotopic (exact) mass is 460 g/mol. The summed E-state index contributed by atoms with van der Waals surface area (Å²) in [7, 11) is 0. The number of rotatable bonds is 2. The maximum Gasteiger partial charge on any atom is 0.0637 e. The lowest BCUT2D eigenvalue weighted by atomic mass is 9.82. The van der Waals surface area contributed by atoms with Crippen molar-refractivity contribution in [3.05, 3.63) is 144 Å². The molecule has 1 aliphatic heterocycles. The molecular weight excluding hydrogens is 436 g/mol. The van der Waals surface area contributed by atoms with E-state index in [1.54, 1.807) is 0 Å². The van der Waals surface area contributed by atoms with Crippen LogP contribution in [0.5, 0.6) is 0 Å². The Morgan fingerprint density at radius 2 is 1.22 bits per heavy atom. The summed E-state index contributed by atoms with van der Waals surface area (Å²) in [5, 5.41) is 3.94. The van der Waals surface area contributed by atoms with Crippen molar-refractivity contribution in [3.8, 4) is 5.69 Å². The van der Waals surface area contributed by atoms with E-state index in [2.05, 4.69) is 143 Å². The summed E-state index contributed by atoms with van der Waals surface area (Å²) in [6.07, 6.45) is 4.78. The van der Waals surface area contributed by atoms with Gasteiger partial charge in [-0.2, -0.15) is 0 Å². The highest BCUT2D eigenvalue weighted by Crippen LogP contribution is 2.55. The predicted molar refractivity (Wildman–Crippen MR) is 150 cm³/mol. The summed E-state index contributed by atoms with van der Waals surface area (Å²) in [5.41, 5.74) is 9.17. The first kappa shape index (κ1) is 19.7. The number of hydrogen-bond acceptors (Lipinski definition) is 1. The summed E-state index contributed by atoms with van der Waals surface area (Å²) in [6, 6.07) is 44.2. The molecule has 0 fully saturated rings. The van der Waals surface area contributed by atoms with Crippen LogP contribution in [0.15, 0.2) is 127 Å². The molecule has 8 rings (SSSR count). The number of benzene rings is 5. The maximum atomic E-state index is 2.57. The number of anilines is 2. The van der Waals surface area contributed by atoms with Gasteiger partial charge in [0, 0.05) is 28.1 Å². The Kier molecular flexibility index (Phi) is 4.09. The zero-order valence-corrected chi connectivity index (χ0v) is 19.8. The molecule has 2 heterocycles. The number of fused-ring (bicyclic) bond motifs is 9. The van der Waals surface area contributed by atoms with Crippen molar-refractivity contribution in [2.75, 3.05) is 4.90 Å². The van der Waals surface area contributed by atoms with E-state index in [-0.39, 0.29) is 12.0 Å². The summed E-state index contributed by atoms with van der Waals surface area (Å²) >= 11 is 0. The van der Waals surface area contributed by atoms with Crippen LogP contribution in [0.1, 0.15) is 22.7 Å². The van der Waals surface area contributed by atoms with E-state index in [9.17, 15) is 0 Å². The SMILES string of the molecule is C1=CC2C(c3ccc4ccccc4c3N2c2ccccc2)c2c1n(-c1ccccc1)c1ccccc21. The standard InChI is InChI=1S/C34H24N2/c1-3-12-24(13-4-1)35-29-18-10-9-17-27(29)32-30(35)21-22-31-33(32)28-20-19-23-11-7-8-16-26(23)34(28)36(31)25-14-5-2-6-15-25/h1-22,31,33H. The third kappa shape index (κ3) is 2.61. The Labute approximate surface area is 210 Å². The van der Waals surface area contributed by atoms with E-state index in [1.807, 2.05) is 0 Å². The highest BCUT2D eigenvalue weighted by molar-refractivity contribution is 6.02. The van der Waals surface area contributed by atoms with Gasteiger partial charge < -0.3 is 9.47 Å². The Balaban J connectivity index is 1.47. The second-order valence-electron chi connectivity index (χ2n) is 9.74. The van der Waals surface area contributed by atoms with E-state index in [0.717, 1.165) is 0 Å². The lowest BCUT2D eigenvalue weighted by Crippen LogP contribution is -2.30. The largest absolute Gasteiger partial charge is 0.333 e. The Morgan fingerprint density at radius 1 is 0.556 bits per heavy atom. The minimum absolute atomic E-state index is 0.218. The zero-order valence-electron chi connectivity index (χ0n) is 19.8. The molecule has 2 aliphatic rings. The van der Waals surface area contributed by atoms with Gasteiger partial charge in [0.1, 0.15) is 0 Å². The first-order valence-corrected chi connectivity index (χ1v) is 12.6. The van der Waals surface area contributed by atoms with Crippen LogP contribution in [0.25, 0.3) is 33.4 Å². The third-order valence-corrected chi connectivity index (χ3v) is 7.91. The number of para-hydroxylation sites is 3. The fourth-order valence-electron chi connectivity index (χ4n) is 6.51. The van der Waals surface area contributed by atoms with Gasteiger partial charge in [-0.15, -0.1) is 0 Å². The van der Waals surface area contributed by atoms with Crippen LogP contribution in [0, 0.1) is 0 Å². The van der Waals surface area contributed by atoms with Crippen LogP contribution in [-0.4, -0.2) is 10.6 Å². The van der Waals surface area contributed by atoms with Gasteiger partial charge in [0.2, 0.25) is 0 Å². The molecule has 2 heteroatoms. The summed E-state index contributed by atoms with van der Waals surface area (Å²) < 4.78 is 2.43. The second-order valence-corrected chi connectivity index (χ2v) is 9.74. The molecule has 0 amide bonds. The molecule has 0 spiro atoms. The minimum Gasteiger partial charge on any atom is -0.333 e. The van der Waals surface area contributed by atoms with Crippen molar-refractivity contribution in [1.29, 1.82) is 0 Å². The maximum absolute atomic E-state index is 2.57. The van der Waals surface area contributed by atoms with Gasteiger partial charge >= 0.3 is 0 Å². The first-order valence-electron chi connectivity index (χ1n) is 12.6. The molecule has 36 heavy (non-hydrogen) atoms. The molecule has 1 aromatic heterocycles. The lowest BCUT2D eigenvalue weighted by Gasteiger charge is -2.31. The minimum atomic E-state index is 0.218. The Hall–Kier alpha value is -4.56. The van der Waals surface area contributed by atoms with Crippen LogP contribution in [0.4, 0.5) is 11.4 Å². The normalized spacial score (nSPS) is 17.8. The number of hydrogen-bond donors (Lipinski definition) is 0. The third-order valence-electron chi connectivity index (χ3n) is 7.91. The van der Waals surface area contributed by atoms with Crippen LogP contribution in [-0.2, 0) is 0 Å². The fourth-order valence-corrected chi connectivity index (χ4v) is 6.51. The van der Waals surface area contributed by atoms with Crippen molar-refractivity contribution >= 4 is 39.1 Å². The van der Waals surface area contributed by atoms with E-state index in [0.29, 0.717) is 0 Å². The van der Waals surface area contributed by atoms with Crippen molar-refractivity contribution in [3.63, 3.8) is 0 Å². The first-order chi connectivity index (χ1) is 17.9. The van der Waals surface area contributed by atoms with Crippen LogP contribution < -0.4 is 4.90 Å². The Morgan fingerprint density at radius 3 is 2.03 bits per heavy atom. The van der Waals surface area contributed by atoms with E-state index in [1.165, 1.54) is 55.6 Å². The average Bonchev–Trinajstić information content (AvgIpc) is 3.47. The summed E-state index contributed by atoms with van der Waals surface area (Å²) in [5.74, 6) is 0.250.